The van der Waals surface area contributed by atoms with Gasteiger partial charge in [-0.2, -0.15) is 0 Å². The molecule has 4 rings (SSSR count). The number of aromatic nitrogens is 2. The van der Waals surface area contributed by atoms with Gasteiger partial charge in [-0.25, -0.2) is 9.97 Å². The minimum atomic E-state index is 0.279. The van der Waals surface area contributed by atoms with Crippen LogP contribution in [0.3, 0.4) is 0 Å². The molecule has 0 unspecified atom stereocenters. The van der Waals surface area contributed by atoms with Crippen molar-refractivity contribution in [2.24, 2.45) is 0 Å². The van der Waals surface area contributed by atoms with Gasteiger partial charge in [0.15, 0.2) is 10.8 Å². The standard InChI is InChI=1S/C20H22ClN5/c21-19-17(22)18(16-7-4-8-23-20(16)25-19)24-12-14-5-3-6-15(11-14)13-26-9-1-2-10-26/h3-8,11H,1-2,9-10,12-13,22H2,(H,23,24,25). The van der Waals surface area contributed by atoms with Gasteiger partial charge in [-0.3, -0.25) is 4.90 Å². The number of hydrogen-bond donors (Lipinski definition) is 2. The Morgan fingerprint density at radius 3 is 2.77 bits per heavy atom. The van der Waals surface area contributed by atoms with Crippen LogP contribution in [0.4, 0.5) is 11.4 Å². The Kier molecular flexibility index (Phi) is 4.91. The number of likely N-dealkylation sites (tertiary alicyclic amines) is 1. The van der Waals surface area contributed by atoms with Crippen molar-refractivity contribution < 1.29 is 0 Å². The molecule has 3 aromatic rings. The fourth-order valence-corrected chi connectivity index (χ4v) is 3.67. The quantitative estimate of drug-likeness (QED) is 0.665. The van der Waals surface area contributed by atoms with Crippen LogP contribution in [-0.2, 0) is 13.1 Å². The minimum absolute atomic E-state index is 0.279. The van der Waals surface area contributed by atoms with Crippen molar-refractivity contribution >= 4 is 34.0 Å². The van der Waals surface area contributed by atoms with Crippen molar-refractivity contribution in [3.05, 3.63) is 58.9 Å². The number of rotatable bonds is 5. The third kappa shape index (κ3) is 3.59. The number of nitrogens with two attached hydrogens (primary N) is 1. The summed E-state index contributed by atoms with van der Waals surface area (Å²) < 4.78 is 0. The molecule has 26 heavy (non-hydrogen) atoms. The maximum absolute atomic E-state index is 6.17. The highest BCUT2D eigenvalue weighted by Crippen LogP contribution is 2.32. The van der Waals surface area contributed by atoms with E-state index in [1.165, 1.54) is 37.1 Å². The number of fused-ring (bicyclic) bond motifs is 1. The first-order valence-electron chi connectivity index (χ1n) is 8.94. The first kappa shape index (κ1) is 17.1. The Labute approximate surface area is 158 Å². The van der Waals surface area contributed by atoms with Gasteiger partial charge in [-0.1, -0.05) is 35.9 Å². The molecule has 1 saturated heterocycles. The van der Waals surface area contributed by atoms with Crippen LogP contribution in [0.5, 0.6) is 0 Å². The van der Waals surface area contributed by atoms with Gasteiger partial charge < -0.3 is 11.1 Å². The summed E-state index contributed by atoms with van der Waals surface area (Å²) in [7, 11) is 0. The fraction of sp³-hybridized carbons (Fsp3) is 0.300. The second-order valence-corrected chi connectivity index (χ2v) is 7.08. The lowest BCUT2D eigenvalue weighted by Gasteiger charge is -2.16. The van der Waals surface area contributed by atoms with E-state index in [4.69, 9.17) is 17.3 Å². The third-order valence-electron chi connectivity index (χ3n) is 4.82. The van der Waals surface area contributed by atoms with Gasteiger partial charge in [0.1, 0.15) is 0 Å². The summed E-state index contributed by atoms with van der Waals surface area (Å²) >= 11 is 6.17. The molecule has 1 aliphatic heterocycles. The van der Waals surface area contributed by atoms with E-state index in [0.717, 1.165) is 17.6 Å². The topological polar surface area (TPSA) is 67.1 Å². The molecule has 1 fully saturated rings. The second-order valence-electron chi connectivity index (χ2n) is 6.72. The van der Waals surface area contributed by atoms with Crippen LogP contribution < -0.4 is 11.1 Å². The number of anilines is 2. The number of benzene rings is 1. The van der Waals surface area contributed by atoms with Crippen molar-refractivity contribution in [3.63, 3.8) is 0 Å². The van der Waals surface area contributed by atoms with Gasteiger partial charge in [0.05, 0.1) is 11.4 Å². The Balaban J connectivity index is 1.54. The first-order chi connectivity index (χ1) is 12.7. The van der Waals surface area contributed by atoms with Crippen molar-refractivity contribution in [1.82, 2.24) is 14.9 Å². The molecule has 134 valence electrons. The van der Waals surface area contributed by atoms with Gasteiger partial charge >= 0.3 is 0 Å². The molecular formula is C20H22ClN5. The molecule has 6 heteroatoms. The molecule has 0 aliphatic carbocycles. The van der Waals surface area contributed by atoms with E-state index in [-0.39, 0.29) is 5.15 Å². The molecule has 0 saturated carbocycles. The Morgan fingerprint density at radius 1 is 1.12 bits per heavy atom. The normalized spacial score (nSPS) is 14.8. The monoisotopic (exact) mass is 367 g/mol. The lowest BCUT2D eigenvalue weighted by molar-refractivity contribution is 0.331. The number of pyridine rings is 2. The first-order valence-corrected chi connectivity index (χ1v) is 9.32. The van der Waals surface area contributed by atoms with E-state index in [0.29, 0.717) is 17.9 Å². The number of hydrogen-bond acceptors (Lipinski definition) is 5. The molecule has 0 atom stereocenters. The van der Waals surface area contributed by atoms with Gasteiger partial charge in [0.2, 0.25) is 0 Å². The van der Waals surface area contributed by atoms with Crippen molar-refractivity contribution in [2.75, 3.05) is 24.1 Å². The van der Waals surface area contributed by atoms with E-state index in [1.807, 2.05) is 12.1 Å². The van der Waals surface area contributed by atoms with Crippen LogP contribution in [0.1, 0.15) is 24.0 Å². The van der Waals surface area contributed by atoms with Gasteiger partial charge in [0, 0.05) is 24.7 Å². The maximum Gasteiger partial charge on any atom is 0.163 e. The molecule has 5 nitrogen and oxygen atoms in total. The largest absolute Gasteiger partial charge is 0.395 e. The highest BCUT2D eigenvalue weighted by Gasteiger charge is 2.13. The fourth-order valence-electron chi connectivity index (χ4n) is 3.50. The smallest absolute Gasteiger partial charge is 0.163 e. The molecule has 1 aliphatic rings. The second kappa shape index (κ2) is 7.48. The highest BCUT2D eigenvalue weighted by molar-refractivity contribution is 6.33. The number of nitrogen functional groups attached to an aromatic ring is 1. The van der Waals surface area contributed by atoms with E-state index >= 15 is 0 Å². The van der Waals surface area contributed by atoms with E-state index in [9.17, 15) is 0 Å². The van der Waals surface area contributed by atoms with E-state index < -0.39 is 0 Å². The summed E-state index contributed by atoms with van der Waals surface area (Å²) in [6, 6.07) is 12.5. The summed E-state index contributed by atoms with van der Waals surface area (Å²) in [5, 5.41) is 4.59. The Hall–Kier alpha value is -2.37. The van der Waals surface area contributed by atoms with Gasteiger partial charge in [0.25, 0.3) is 0 Å². The SMILES string of the molecule is Nc1c(Cl)nc2ncccc2c1NCc1cccc(CN2CCCC2)c1. The van der Waals surface area contributed by atoms with E-state index in [2.05, 4.69) is 44.5 Å². The lowest BCUT2D eigenvalue weighted by Crippen LogP contribution is -2.18. The van der Waals surface area contributed by atoms with Crippen LogP contribution >= 0.6 is 11.6 Å². The minimum Gasteiger partial charge on any atom is -0.395 e. The summed E-state index contributed by atoms with van der Waals surface area (Å²) in [6.45, 7) is 4.09. The molecule has 0 amide bonds. The maximum atomic E-state index is 6.17. The van der Waals surface area contributed by atoms with Crippen LogP contribution in [0.25, 0.3) is 11.0 Å². The summed E-state index contributed by atoms with van der Waals surface area (Å²) in [5.74, 6) is 0. The number of nitrogens with one attached hydrogen (secondary N) is 1. The predicted octanol–water partition coefficient (Wildman–Crippen LogP) is 4.07. The average molecular weight is 368 g/mol. The van der Waals surface area contributed by atoms with Crippen LogP contribution in [0, 0.1) is 0 Å². The van der Waals surface area contributed by atoms with E-state index in [1.54, 1.807) is 6.20 Å². The summed E-state index contributed by atoms with van der Waals surface area (Å²) in [6.07, 6.45) is 4.32. The van der Waals surface area contributed by atoms with Crippen LogP contribution in [0.2, 0.25) is 5.15 Å². The zero-order chi connectivity index (χ0) is 17.9. The Morgan fingerprint density at radius 2 is 1.92 bits per heavy atom. The molecule has 0 spiro atoms. The Bertz CT molecular complexity index is 921. The van der Waals surface area contributed by atoms with Crippen molar-refractivity contribution in [3.8, 4) is 0 Å². The molecule has 1 aromatic carbocycles. The van der Waals surface area contributed by atoms with Crippen LogP contribution in [-0.4, -0.2) is 28.0 Å². The third-order valence-corrected chi connectivity index (χ3v) is 5.11. The lowest BCUT2D eigenvalue weighted by atomic mass is 10.1. The number of halogens is 1. The summed E-state index contributed by atoms with van der Waals surface area (Å²) in [5.41, 5.74) is 10.6. The van der Waals surface area contributed by atoms with Crippen molar-refractivity contribution in [2.45, 2.75) is 25.9 Å². The zero-order valence-electron chi connectivity index (χ0n) is 14.6. The summed E-state index contributed by atoms with van der Waals surface area (Å²) in [4.78, 5) is 11.0. The average Bonchev–Trinajstić information content (AvgIpc) is 3.15. The van der Waals surface area contributed by atoms with Gasteiger partial charge in [-0.05, 0) is 49.2 Å². The molecule has 0 bridgehead atoms. The number of nitrogens with zero attached hydrogens (tertiary/aromatic N) is 3. The van der Waals surface area contributed by atoms with Crippen molar-refractivity contribution in [1.29, 1.82) is 0 Å². The highest BCUT2D eigenvalue weighted by atomic mass is 35.5. The molecule has 3 N–H and O–H groups in total. The zero-order valence-corrected chi connectivity index (χ0v) is 15.3. The predicted molar refractivity (Wildman–Crippen MR) is 107 cm³/mol. The molecule has 0 radical (unpaired) electrons. The van der Waals surface area contributed by atoms with Gasteiger partial charge in [-0.15, -0.1) is 0 Å². The molecule has 3 heterocycles. The molecular weight excluding hydrogens is 346 g/mol. The van der Waals surface area contributed by atoms with Crippen LogP contribution in [0.15, 0.2) is 42.6 Å². The molecule has 2 aromatic heterocycles.